The van der Waals surface area contributed by atoms with Gasteiger partial charge in [-0.2, -0.15) is 0 Å². The number of aromatic nitrogens is 4. The summed E-state index contributed by atoms with van der Waals surface area (Å²) in [5.41, 5.74) is 20.3. The molecule has 172 valence electrons. The molecule has 0 aliphatic rings. The number of guanidine groups is 1. The average molecular weight is 508 g/mol. The number of nitrogens with one attached hydrogen (secondary N) is 1. The first-order chi connectivity index (χ1) is 13.2. The van der Waals surface area contributed by atoms with Crippen LogP contribution >= 0.6 is 0 Å². The van der Waals surface area contributed by atoms with Crippen LogP contribution in [-0.4, -0.2) is 44.9 Å². The van der Waals surface area contributed by atoms with E-state index in [4.69, 9.17) is 26.9 Å². The van der Waals surface area contributed by atoms with E-state index >= 15 is 0 Å². The molecule has 0 atom stereocenters. The van der Waals surface area contributed by atoms with E-state index < -0.39 is 0 Å². The van der Waals surface area contributed by atoms with Gasteiger partial charge in [0.15, 0.2) is 5.96 Å². The number of carbonyl (C=O) groups excluding carboxylic acids is 3. The van der Waals surface area contributed by atoms with E-state index in [1.54, 1.807) is 30.9 Å². The SMILES string of the molecule is C.C.Cc1cnc(N)nc1.N=C(N)N.Nc1ncccn1.O=CCC=O.O=CO[O-].[H-].[K+].[K+]. The number of aldehydes is 2. The van der Waals surface area contributed by atoms with Gasteiger partial charge in [-0.25, -0.2) is 19.9 Å². The fourth-order valence-electron chi connectivity index (χ4n) is 0.752. The molecule has 0 radical (unpaired) electrons. The van der Waals surface area contributed by atoms with Gasteiger partial charge >= 0.3 is 103 Å². The number of aryl methyl sites for hydroxylation is 1. The molecule has 0 saturated heterocycles. The van der Waals surface area contributed by atoms with E-state index in [0.29, 0.717) is 24.5 Å². The van der Waals surface area contributed by atoms with E-state index in [0.717, 1.165) is 5.56 Å². The molecule has 0 bridgehead atoms. The van der Waals surface area contributed by atoms with Gasteiger partial charge in [-0.3, -0.25) is 10.2 Å². The van der Waals surface area contributed by atoms with Crippen LogP contribution < -0.4 is 131 Å². The molecule has 0 aliphatic heterocycles. The van der Waals surface area contributed by atoms with E-state index in [-0.39, 0.29) is 138 Å². The van der Waals surface area contributed by atoms with E-state index in [9.17, 15) is 9.59 Å². The van der Waals surface area contributed by atoms with Crippen molar-refractivity contribution >= 4 is 36.9 Å². The zero-order chi connectivity index (χ0) is 22.2. The van der Waals surface area contributed by atoms with Crippen molar-refractivity contribution in [1.82, 2.24) is 19.9 Å². The van der Waals surface area contributed by atoms with Crippen molar-refractivity contribution in [2.24, 2.45) is 11.5 Å². The zero-order valence-electron chi connectivity index (χ0n) is 18.0. The van der Waals surface area contributed by atoms with Crippen molar-refractivity contribution in [3.8, 4) is 0 Å². The summed E-state index contributed by atoms with van der Waals surface area (Å²) in [6.07, 6.45) is 7.72. The molecule has 14 nitrogen and oxygen atoms in total. The number of nitrogens with zero attached hydrogens (tertiary/aromatic N) is 4. The Morgan fingerprint density at radius 3 is 1.47 bits per heavy atom. The number of carbonyl (C=O) groups is 3. The van der Waals surface area contributed by atoms with Crippen molar-refractivity contribution in [3.05, 3.63) is 36.4 Å². The predicted molar refractivity (Wildman–Crippen MR) is 112 cm³/mol. The number of rotatable bonds is 3. The minimum Gasteiger partial charge on any atom is -1.00 e. The van der Waals surface area contributed by atoms with Crippen molar-refractivity contribution in [2.75, 3.05) is 11.5 Å². The molecule has 2 rings (SSSR count). The van der Waals surface area contributed by atoms with Crippen LogP contribution in [0.2, 0.25) is 0 Å². The van der Waals surface area contributed by atoms with Gasteiger partial charge in [-0.1, -0.05) is 14.9 Å². The average Bonchev–Trinajstić information content (AvgIpc) is 2.66. The second-order valence-corrected chi connectivity index (χ2v) is 3.94. The maximum absolute atomic E-state index is 9.17. The Bertz CT molecular complexity index is 630. The Balaban J connectivity index is -0.0000000391. The van der Waals surface area contributed by atoms with E-state index in [2.05, 4.69) is 36.3 Å². The second kappa shape index (κ2) is 40.4. The van der Waals surface area contributed by atoms with Gasteiger partial charge in [-0.05, 0) is 18.6 Å². The molecule has 16 heteroatoms. The van der Waals surface area contributed by atoms with Crippen LogP contribution in [0.25, 0.3) is 0 Å². The van der Waals surface area contributed by atoms with Crippen LogP contribution in [0.3, 0.4) is 0 Å². The summed E-state index contributed by atoms with van der Waals surface area (Å²) >= 11 is 0. The number of nitrogens with two attached hydrogens (primary N) is 4. The van der Waals surface area contributed by atoms with Crippen LogP contribution in [0.5, 0.6) is 0 Å². The first-order valence-corrected chi connectivity index (χ1v) is 7.00. The molecule has 2 aromatic rings. The van der Waals surface area contributed by atoms with Gasteiger partial charge < -0.3 is 44.1 Å². The van der Waals surface area contributed by atoms with Gasteiger partial charge in [0.05, 0.1) is 6.42 Å². The zero-order valence-corrected chi connectivity index (χ0v) is 23.2. The minimum absolute atomic E-state index is 0. The molecule has 9 N–H and O–H groups in total. The van der Waals surface area contributed by atoms with E-state index in [1.165, 1.54) is 0 Å². The van der Waals surface area contributed by atoms with Crippen molar-refractivity contribution in [2.45, 2.75) is 28.2 Å². The molecular weight excluding hydrogens is 476 g/mol. The molecule has 0 unspecified atom stereocenters. The maximum Gasteiger partial charge on any atom is 1.00 e. The van der Waals surface area contributed by atoms with Gasteiger partial charge in [0.25, 0.3) is 6.47 Å². The topological polar surface area (TPSA) is 263 Å². The summed E-state index contributed by atoms with van der Waals surface area (Å²) in [5.74, 6) is 0.318. The Morgan fingerprint density at radius 2 is 1.31 bits per heavy atom. The predicted octanol–water partition coefficient (Wildman–Crippen LogP) is -7.13. The summed E-state index contributed by atoms with van der Waals surface area (Å²) in [5, 5.41) is 14.5. The number of nitrogen functional groups attached to an aromatic ring is 2. The van der Waals surface area contributed by atoms with Crippen LogP contribution in [0.15, 0.2) is 30.9 Å². The third-order valence-corrected chi connectivity index (χ3v) is 1.62. The quantitative estimate of drug-likeness (QED) is 0.0492. The molecule has 0 aliphatic carbocycles. The second-order valence-electron chi connectivity index (χ2n) is 3.94. The molecule has 32 heavy (non-hydrogen) atoms. The first kappa shape index (κ1) is 48.5. The van der Waals surface area contributed by atoms with Crippen LogP contribution in [0.4, 0.5) is 11.9 Å². The Hall–Kier alpha value is -0.927. The standard InChI is InChI=1S/C5H7N3.C4H5N3.C3H4O2.CH5N3.CH2O3.2CH4.2K.H/c1-4-2-7-5(6)8-3-4;5-4-6-2-1-3-7-4;4-2-1-3-5;2-1(3)4;2-1-4-3;;;;;/h2-3H,1H3,(H2,6,7,8);1-3H,(H2,5,6,7);2-3H,1H2;(H5,2,3,4);1,3H;2*1H4;;;/q;;;;;;;2*+1;-1/p-1. The number of hydrogen-bond acceptors (Lipinski definition) is 12. The van der Waals surface area contributed by atoms with Crippen LogP contribution in [-0.2, 0) is 19.3 Å². The molecule has 2 heterocycles. The Labute approximate surface area is 274 Å². The summed E-state index contributed by atoms with van der Waals surface area (Å²) < 4.78 is 0. The smallest absolute Gasteiger partial charge is 1.00 e. The third kappa shape index (κ3) is 56.9. The van der Waals surface area contributed by atoms with Crippen molar-refractivity contribution in [3.63, 3.8) is 0 Å². The first-order valence-electron chi connectivity index (χ1n) is 7.00. The molecule has 0 amide bonds. The molecule has 0 spiro atoms. The monoisotopic (exact) mass is 507 g/mol. The summed E-state index contributed by atoms with van der Waals surface area (Å²) in [6, 6.07) is 1.72. The largest absolute Gasteiger partial charge is 1.00 e. The Morgan fingerprint density at radius 1 is 1.00 bits per heavy atom. The van der Waals surface area contributed by atoms with Crippen molar-refractivity contribution < 1.29 is 129 Å². The molecule has 0 saturated carbocycles. The molecule has 0 aromatic carbocycles. The number of hydrogen-bond donors (Lipinski definition) is 5. The minimum atomic E-state index is -0.333. The maximum atomic E-state index is 9.17. The van der Waals surface area contributed by atoms with Gasteiger partial charge in [0.1, 0.15) is 12.6 Å². The molecule has 2 aromatic heterocycles. The van der Waals surface area contributed by atoms with Gasteiger partial charge in [-0.15, -0.1) is 0 Å². The Kier molecular flexibility index (Phi) is 61.3. The van der Waals surface area contributed by atoms with E-state index in [1.807, 2.05) is 6.92 Å². The summed E-state index contributed by atoms with van der Waals surface area (Å²) in [4.78, 5) is 44.4. The molecular formula is C16H31K2N9O5. The van der Waals surface area contributed by atoms with Crippen LogP contribution in [0.1, 0.15) is 28.3 Å². The fourth-order valence-corrected chi connectivity index (χ4v) is 0.752. The fraction of sp³-hybridized carbons (Fsp3) is 0.250. The molecule has 0 fully saturated rings. The van der Waals surface area contributed by atoms with Gasteiger partial charge in [0, 0.05) is 24.8 Å². The van der Waals surface area contributed by atoms with Crippen molar-refractivity contribution in [1.29, 1.82) is 5.41 Å². The normalized spacial score (nSPS) is 6.56. The van der Waals surface area contributed by atoms with Gasteiger partial charge in [0.2, 0.25) is 11.9 Å². The third-order valence-electron chi connectivity index (χ3n) is 1.62. The summed E-state index contributed by atoms with van der Waals surface area (Å²) in [6.45, 7) is 1.74. The number of anilines is 2. The van der Waals surface area contributed by atoms with Crippen LogP contribution in [0, 0.1) is 12.3 Å². The summed E-state index contributed by atoms with van der Waals surface area (Å²) in [7, 11) is 0.